The lowest BCUT2D eigenvalue weighted by Crippen LogP contribution is -2.42. The van der Waals surface area contributed by atoms with Crippen molar-refractivity contribution in [3.63, 3.8) is 0 Å². The molecule has 0 bridgehead atoms. The first-order valence-corrected chi connectivity index (χ1v) is 5.77. The third-order valence-corrected chi connectivity index (χ3v) is 3.94. The topological polar surface area (TPSA) is 38.0 Å². The summed E-state index contributed by atoms with van der Waals surface area (Å²) < 4.78 is 0. The molecule has 0 aromatic carbocycles. The van der Waals surface area contributed by atoms with Crippen LogP contribution in [0.2, 0.25) is 0 Å². The zero-order valence-electron chi connectivity index (χ0n) is 8.63. The van der Waals surface area contributed by atoms with Crippen LogP contribution in [0.1, 0.15) is 45.4 Å². The van der Waals surface area contributed by atoms with Crippen molar-refractivity contribution in [2.75, 3.05) is 0 Å². The predicted octanol–water partition coefficient (Wildman–Crippen LogP) is 2.05. The van der Waals surface area contributed by atoms with Gasteiger partial charge >= 0.3 is 0 Å². The minimum Gasteiger partial charge on any atom is -0.271 e. The highest BCUT2D eigenvalue weighted by Gasteiger charge is 2.34. The number of rotatable bonds is 4. The molecule has 13 heavy (non-hydrogen) atoms. The third-order valence-electron chi connectivity index (χ3n) is 3.94. The van der Waals surface area contributed by atoms with Crippen molar-refractivity contribution in [1.82, 2.24) is 5.43 Å². The van der Waals surface area contributed by atoms with Gasteiger partial charge in [0.2, 0.25) is 0 Å². The molecule has 2 saturated carbocycles. The van der Waals surface area contributed by atoms with E-state index in [9.17, 15) is 0 Å². The molecular formula is C11H22N2. The van der Waals surface area contributed by atoms with Crippen molar-refractivity contribution in [2.45, 2.75) is 51.5 Å². The van der Waals surface area contributed by atoms with Crippen LogP contribution in [0.15, 0.2) is 0 Å². The summed E-state index contributed by atoms with van der Waals surface area (Å²) in [5.41, 5.74) is 3.05. The molecule has 0 aromatic rings. The van der Waals surface area contributed by atoms with Crippen LogP contribution in [-0.2, 0) is 0 Å². The normalized spacial score (nSPS) is 36.5. The fraction of sp³-hybridized carbons (Fsp3) is 1.00. The van der Waals surface area contributed by atoms with Crippen molar-refractivity contribution in [3.05, 3.63) is 0 Å². The molecule has 0 aromatic heterocycles. The van der Waals surface area contributed by atoms with Gasteiger partial charge in [0.15, 0.2) is 0 Å². The monoisotopic (exact) mass is 182 g/mol. The Labute approximate surface area is 81.2 Å². The third kappa shape index (κ3) is 2.23. The van der Waals surface area contributed by atoms with Crippen LogP contribution in [0.5, 0.6) is 0 Å². The molecule has 76 valence electrons. The van der Waals surface area contributed by atoms with Crippen molar-refractivity contribution in [3.8, 4) is 0 Å². The highest BCUT2D eigenvalue weighted by molar-refractivity contribution is 4.88. The molecule has 0 radical (unpaired) electrons. The van der Waals surface area contributed by atoms with E-state index in [1.807, 2.05) is 0 Å². The van der Waals surface area contributed by atoms with Crippen molar-refractivity contribution < 1.29 is 0 Å². The van der Waals surface area contributed by atoms with Gasteiger partial charge in [0.1, 0.15) is 0 Å². The van der Waals surface area contributed by atoms with E-state index < -0.39 is 0 Å². The largest absolute Gasteiger partial charge is 0.271 e. The Balaban J connectivity index is 1.85. The van der Waals surface area contributed by atoms with Crippen LogP contribution in [0.4, 0.5) is 0 Å². The Bertz CT molecular complexity index is 165. The van der Waals surface area contributed by atoms with E-state index in [0.717, 1.165) is 17.8 Å². The molecule has 3 atom stereocenters. The van der Waals surface area contributed by atoms with Gasteiger partial charge in [-0.05, 0) is 30.6 Å². The molecule has 2 nitrogen and oxygen atoms in total. The molecular weight excluding hydrogens is 160 g/mol. The minimum absolute atomic E-state index is 0.602. The first-order chi connectivity index (χ1) is 6.31. The lowest BCUT2D eigenvalue weighted by molar-refractivity contribution is 0.277. The lowest BCUT2D eigenvalue weighted by Gasteiger charge is -2.26. The minimum atomic E-state index is 0.602. The van der Waals surface area contributed by atoms with Gasteiger partial charge in [-0.1, -0.05) is 32.6 Å². The van der Waals surface area contributed by atoms with E-state index in [2.05, 4.69) is 12.3 Å². The Morgan fingerprint density at radius 1 is 1.31 bits per heavy atom. The predicted molar refractivity (Wildman–Crippen MR) is 55.0 cm³/mol. The molecule has 2 aliphatic rings. The highest BCUT2D eigenvalue weighted by Crippen LogP contribution is 2.40. The maximum Gasteiger partial charge on any atom is 0.0243 e. The molecule has 3 unspecified atom stereocenters. The Kier molecular flexibility index (Phi) is 2.89. The van der Waals surface area contributed by atoms with Crippen LogP contribution in [0, 0.1) is 17.8 Å². The van der Waals surface area contributed by atoms with Gasteiger partial charge in [-0.25, -0.2) is 0 Å². The Morgan fingerprint density at radius 3 is 2.54 bits per heavy atom. The SMILES string of the molecule is CC1CCCC1C(CC1CC1)NN. The van der Waals surface area contributed by atoms with Gasteiger partial charge in [-0.3, -0.25) is 11.3 Å². The van der Waals surface area contributed by atoms with E-state index in [1.165, 1.54) is 38.5 Å². The van der Waals surface area contributed by atoms with Crippen molar-refractivity contribution in [1.29, 1.82) is 0 Å². The number of nitrogens with two attached hydrogens (primary N) is 1. The second-order valence-electron chi connectivity index (χ2n) is 5.02. The maximum atomic E-state index is 5.64. The summed E-state index contributed by atoms with van der Waals surface area (Å²) in [6.45, 7) is 2.38. The van der Waals surface area contributed by atoms with E-state index in [0.29, 0.717) is 6.04 Å². The van der Waals surface area contributed by atoms with Crippen LogP contribution in [-0.4, -0.2) is 6.04 Å². The fourth-order valence-electron chi connectivity index (χ4n) is 2.85. The number of hydrogen-bond acceptors (Lipinski definition) is 2. The number of hydrazine groups is 1. The van der Waals surface area contributed by atoms with Crippen molar-refractivity contribution >= 4 is 0 Å². The first-order valence-electron chi connectivity index (χ1n) is 5.77. The number of nitrogens with one attached hydrogen (secondary N) is 1. The van der Waals surface area contributed by atoms with Crippen LogP contribution < -0.4 is 11.3 Å². The molecule has 2 heteroatoms. The Morgan fingerprint density at radius 2 is 2.08 bits per heavy atom. The van der Waals surface area contributed by atoms with E-state index in [-0.39, 0.29) is 0 Å². The summed E-state index contributed by atoms with van der Waals surface area (Å²) in [6.07, 6.45) is 8.43. The van der Waals surface area contributed by atoms with Gasteiger partial charge < -0.3 is 0 Å². The first kappa shape index (κ1) is 9.47. The average Bonchev–Trinajstić information content (AvgIpc) is 2.85. The smallest absolute Gasteiger partial charge is 0.0243 e. The molecule has 0 saturated heterocycles. The van der Waals surface area contributed by atoms with Gasteiger partial charge in [-0.2, -0.15) is 0 Å². The van der Waals surface area contributed by atoms with Crippen molar-refractivity contribution in [2.24, 2.45) is 23.6 Å². The second kappa shape index (κ2) is 3.97. The molecule has 0 amide bonds. The zero-order valence-corrected chi connectivity index (χ0v) is 8.63. The highest BCUT2D eigenvalue weighted by atomic mass is 15.2. The number of hydrogen-bond donors (Lipinski definition) is 2. The van der Waals surface area contributed by atoms with E-state index in [4.69, 9.17) is 5.84 Å². The molecule has 3 N–H and O–H groups in total. The zero-order chi connectivity index (χ0) is 9.26. The molecule has 2 fully saturated rings. The summed E-state index contributed by atoms with van der Waals surface area (Å²) in [5.74, 6) is 8.38. The molecule has 0 aliphatic heterocycles. The van der Waals surface area contributed by atoms with Crippen LogP contribution >= 0.6 is 0 Å². The van der Waals surface area contributed by atoms with Gasteiger partial charge in [0.25, 0.3) is 0 Å². The van der Waals surface area contributed by atoms with E-state index >= 15 is 0 Å². The molecule has 0 heterocycles. The summed E-state index contributed by atoms with van der Waals surface area (Å²) >= 11 is 0. The Hall–Kier alpha value is -0.0800. The van der Waals surface area contributed by atoms with Gasteiger partial charge in [-0.15, -0.1) is 0 Å². The molecule has 2 rings (SSSR count). The fourth-order valence-corrected chi connectivity index (χ4v) is 2.85. The second-order valence-corrected chi connectivity index (χ2v) is 5.02. The lowest BCUT2D eigenvalue weighted by atomic mass is 9.87. The average molecular weight is 182 g/mol. The van der Waals surface area contributed by atoms with Gasteiger partial charge in [0.05, 0.1) is 0 Å². The van der Waals surface area contributed by atoms with E-state index in [1.54, 1.807) is 0 Å². The summed E-state index contributed by atoms with van der Waals surface area (Å²) in [5, 5.41) is 0. The van der Waals surface area contributed by atoms with Gasteiger partial charge in [0, 0.05) is 6.04 Å². The van der Waals surface area contributed by atoms with Crippen LogP contribution in [0.25, 0.3) is 0 Å². The summed E-state index contributed by atoms with van der Waals surface area (Å²) in [4.78, 5) is 0. The summed E-state index contributed by atoms with van der Waals surface area (Å²) in [6, 6.07) is 0.602. The standard InChI is InChI=1S/C11H22N2/c1-8-3-2-4-10(8)11(13-12)7-9-5-6-9/h8-11,13H,2-7,12H2,1H3. The van der Waals surface area contributed by atoms with Crippen LogP contribution in [0.3, 0.4) is 0 Å². The maximum absolute atomic E-state index is 5.64. The summed E-state index contributed by atoms with van der Waals surface area (Å²) in [7, 11) is 0. The molecule has 0 spiro atoms. The molecule has 2 aliphatic carbocycles. The quantitative estimate of drug-likeness (QED) is 0.516.